The van der Waals surface area contributed by atoms with E-state index in [4.69, 9.17) is 4.74 Å². The minimum Gasteiger partial charge on any atom is -0.377 e. The molecule has 0 aliphatic carbocycles. The highest BCUT2D eigenvalue weighted by Crippen LogP contribution is 2.28. The summed E-state index contributed by atoms with van der Waals surface area (Å²) in [6, 6.07) is 3.36. The molecule has 1 atom stereocenters. The Kier molecular flexibility index (Phi) is 6.46. The normalized spacial score (nSPS) is 13.5. The van der Waals surface area contributed by atoms with Crippen LogP contribution in [0.15, 0.2) is 26.0 Å². The standard InChI is InChI=1S/C12H17Br2NO3S/c1-4-18-9(3)7-15-19(16,17)12-6-10(13)8(2)5-11(12)14/h5-6,9,15H,4,7H2,1-3H3. The number of rotatable bonds is 6. The summed E-state index contributed by atoms with van der Waals surface area (Å²) in [5.74, 6) is 0. The van der Waals surface area contributed by atoms with Crippen molar-refractivity contribution in [3.05, 3.63) is 26.6 Å². The highest BCUT2D eigenvalue weighted by molar-refractivity contribution is 9.11. The average Bonchev–Trinajstić information content (AvgIpc) is 2.31. The highest BCUT2D eigenvalue weighted by Gasteiger charge is 2.19. The summed E-state index contributed by atoms with van der Waals surface area (Å²) in [5.41, 5.74) is 0.966. The fourth-order valence-corrected chi connectivity index (χ4v) is 4.27. The third kappa shape index (κ3) is 4.82. The van der Waals surface area contributed by atoms with Crippen molar-refractivity contribution in [2.24, 2.45) is 0 Å². The molecule has 0 aliphatic rings. The third-order valence-corrected chi connectivity index (χ3v) is 5.75. The van der Waals surface area contributed by atoms with Crippen molar-refractivity contribution in [1.82, 2.24) is 4.72 Å². The van der Waals surface area contributed by atoms with Crippen molar-refractivity contribution in [2.45, 2.75) is 31.8 Å². The van der Waals surface area contributed by atoms with Gasteiger partial charge in [-0.2, -0.15) is 0 Å². The predicted molar refractivity (Wildman–Crippen MR) is 82.9 cm³/mol. The molecular formula is C12H17Br2NO3S. The first-order valence-electron chi connectivity index (χ1n) is 5.84. The van der Waals surface area contributed by atoms with Gasteiger partial charge in [-0.25, -0.2) is 13.1 Å². The van der Waals surface area contributed by atoms with Gasteiger partial charge in [0.15, 0.2) is 0 Å². The Morgan fingerprint density at radius 3 is 2.53 bits per heavy atom. The molecule has 0 spiro atoms. The quantitative estimate of drug-likeness (QED) is 0.777. The molecule has 0 aromatic heterocycles. The van der Waals surface area contributed by atoms with Crippen LogP contribution in [-0.4, -0.2) is 27.7 Å². The van der Waals surface area contributed by atoms with E-state index in [0.717, 1.165) is 10.0 Å². The molecule has 0 heterocycles. The van der Waals surface area contributed by atoms with E-state index in [2.05, 4.69) is 36.6 Å². The maximum atomic E-state index is 12.2. The van der Waals surface area contributed by atoms with E-state index in [1.807, 2.05) is 20.8 Å². The van der Waals surface area contributed by atoms with Crippen LogP contribution in [0, 0.1) is 6.92 Å². The van der Waals surface area contributed by atoms with Gasteiger partial charge in [-0.3, -0.25) is 0 Å². The fraction of sp³-hybridized carbons (Fsp3) is 0.500. The van der Waals surface area contributed by atoms with Crippen molar-refractivity contribution in [3.8, 4) is 0 Å². The van der Waals surface area contributed by atoms with Crippen molar-refractivity contribution in [2.75, 3.05) is 13.2 Å². The second-order valence-corrected chi connectivity index (χ2v) is 7.59. The van der Waals surface area contributed by atoms with Crippen LogP contribution < -0.4 is 4.72 Å². The summed E-state index contributed by atoms with van der Waals surface area (Å²) in [4.78, 5) is 0.216. The predicted octanol–water partition coefficient (Wildman–Crippen LogP) is 3.22. The minimum atomic E-state index is -3.55. The van der Waals surface area contributed by atoms with Crippen molar-refractivity contribution in [1.29, 1.82) is 0 Å². The molecular weight excluding hydrogens is 398 g/mol. The largest absolute Gasteiger partial charge is 0.377 e. The Morgan fingerprint density at radius 1 is 1.32 bits per heavy atom. The molecule has 0 radical (unpaired) electrons. The molecule has 1 rings (SSSR count). The van der Waals surface area contributed by atoms with E-state index in [9.17, 15) is 8.42 Å². The molecule has 0 amide bonds. The first kappa shape index (κ1) is 17.1. The maximum absolute atomic E-state index is 12.2. The van der Waals surface area contributed by atoms with E-state index in [1.165, 1.54) is 0 Å². The molecule has 0 fully saturated rings. The number of hydrogen-bond donors (Lipinski definition) is 1. The van der Waals surface area contributed by atoms with Crippen LogP contribution in [0.4, 0.5) is 0 Å². The van der Waals surface area contributed by atoms with Crippen LogP contribution in [0.5, 0.6) is 0 Å². The van der Waals surface area contributed by atoms with Gasteiger partial charge < -0.3 is 4.74 Å². The van der Waals surface area contributed by atoms with Crippen LogP contribution in [0.2, 0.25) is 0 Å². The van der Waals surface area contributed by atoms with Gasteiger partial charge in [0.2, 0.25) is 10.0 Å². The zero-order chi connectivity index (χ0) is 14.6. The monoisotopic (exact) mass is 413 g/mol. The minimum absolute atomic E-state index is 0.160. The zero-order valence-electron chi connectivity index (χ0n) is 11.0. The molecule has 0 saturated heterocycles. The van der Waals surface area contributed by atoms with Gasteiger partial charge in [-0.15, -0.1) is 0 Å². The molecule has 0 bridgehead atoms. The van der Waals surface area contributed by atoms with Crippen LogP contribution >= 0.6 is 31.9 Å². The molecule has 4 nitrogen and oxygen atoms in total. The summed E-state index contributed by atoms with van der Waals surface area (Å²) >= 11 is 6.62. The smallest absolute Gasteiger partial charge is 0.241 e. The number of benzene rings is 1. The topological polar surface area (TPSA) is 55.4 Å². The Labute approximate surface area is 131 Å². The molecule has 19 heavy (non-hydrogen) atoms. The fourth-order valence-electron chi connectivity index (χ4n) is 1.48. The number of nitrogens with one attached hydrogen (secondary N) is 1. The van der Waals surface area contributed by atoms with Crippen molar-refractivity contribution in [3.63, 3.8) is 0 Å². The number of ether oxygens (including phenoxy) is 1. The van der Waals surface area contributed by atoms with Crippen LogP contribution in [0.3, 0.4) is 0 Å². The van der Waals surface area contributed by atoms with Crippen LogP contribution in [0.25, 0.3) is 0 Å². The lowest BCUT2D eigenvalue weighted by molar-refractivity contribution is 0.0799. The number of hydrogen-bond acceptors (Lipinski definition) is 3. The molecule has 0 saturated carbocycles. The first-order chi connectivity index (χ1) is 8.77. The van der Waals surface area contributed by atoms with Crippen LogP contribution in [0.1, 0.15) is 19.4 Å². The van der Waals surface area contributed by atoms with E-state index >= 15 is 0 Å². The van der Waals surface area contributed by atoms with Crippen molar-refractivity contribution < 1.29 is 13.2 Å². The zero-order valence-corrected chi connectivity index (χ0v) is 15.0. The highest BCUT2D eigenvalue weighted by atomic mass is 79.9. The van der Waals surface area contributed by atoms with E-state index in [1.54, 1.807) is 12.1 Å². The van der Waals surface area contributed by atoms with Gasteiger partial charge in [0, 0.05) is 22.1 Å². The lowest BCUT2D eigenvalue weighted by atomic mass is 10.2. The van der Waals surface area contributed by atoms with Gasteiger partial charge in [0.05, 0.1) is 11.0 Å². The van der Waals surface area contributed by atoms with Gasteiger partial charge in [0.1, 0.15) is 0 Å². The Bertz CT molecular complexity index is 546. The van der Waals surface area contributed by atoms with E-state index in [0.29, 0.717) is 11.1 Å². The van der Waals surface area contributed by atoms with Gasteiger partial charge in [-0.05, 0) is 54.4 Å². The van der Waals surface area contributed by atoms with Gasteiger partial charge >= 0.3 is 0 Å². The second kappa shape index (κ2) is 7.17. The number of halogens is 2. The van der Waals surface area contributed by atoms with Gasteiger partial charge in [0.25, 0.3) is 0 Å². The lowest BCUT2D eigenvalue weighted by Crippen LogP contribution is -2.32. The molecule has 1 aromatic rings. The molecule has 108 valence electrons. The third-order valence-electron chi connectivity index (χ3n) is 2.51. The lowest BCUT2D eigenvalue weighted by Gasteiger charge is -2.14. The average molecular weight is 415 g/mol. The first-order valence-corrected chi connectivity index (χ1v) is 8.91. The maximum Gasteiger partial charge on any atom is 0.241 e. The van der Waals surface area contributed by atoms with E-state index < -0.39 is 10.0 Å². The van der Waals surface area contributed by atoms with Crippen molar-refractivity contribution >= 4 is 41.9 Å². The summed E-state index contributed by atoms with van der Waals surface area (Å²) in [5, 5.41) is 0. The molecule has 1 aromatic carbocycles. The van der Waals surface area contributed by atoms with Gasteiger partial charge in [-0.1, -0.05) is 15.9 Å². The SMILES string of the molecule is CCOC(C)CNS(=O)(=O)c1cc(Br)c(C)cc1Br. The van der Waals surface area contributed by atoms with Crippen LogP contribution in [-0.2, 0) is 14.8 Å². The summed E-state index contributed by atoms with van der Waals surface area (Å²) in [6.45, 7) is 6.40. The number of aryl methyl sites for hydroxylation is 1. The Balaban J connectivity index is 2.92. The number of sulfonamides is 1. The Hall–Kier alpha value is 0.0500. The van der Waals surface area contributed by atoms with E-state index in [-0.39, 0.29) is 17.5 Å². The molecule has 1 N–H and O–H groups in total. The summed E-state index contributed by atoms with van der Waals surface area (Å²) in [6.07, 6.45) is -0.160. The second-order valence-electron chi connectivity index (χ2n) is 4.15. The molecule has 1 unspecified atom stereocenters. The summed E-state index contributed by atoms with van der Waals surface area (Å²) < 4.78 is 33.6. The molecule has 0 aliphatic heterocycles. The summed E-state index contributed by atoms with van der Waals surface area (Å²) in [7, 11) is -3.55. The molecule has 7 heteroatoms. The Morgan fingerprint density at radius 2 is 1.95 bits per heavy atom.